The molecular weight excluding hydrogens is 1110 g/mol. The number of rotatable bonds is 19. The maximum absolute atomic E-state index is 14.3. The van der Waals surface area contributed by atoms with Crippen molar-refractivity contribution in [1.29, 1.82) is 5.26 Å². The normalized spacial score (nSPS) is 14.1. The zero-order valence-electron chi connectivity index (χ0n) is 47.8. The fraction of sp³-hybridized carbons (Fsp3) is 0.393. The van der Waals surface area contributed by atoms with Gasteiger partial charge in [-0.25, -0.2) is 26.6 Å². The Hall–Kier alpha value is -6.91. The van der Waals surface area contributed by atoms with Crippen LogP contribution in [0.1, 0.15) is 132 Å². The number of benzene rings is 5. The van der Waals surface area contributed by atoms with E-state index in [0.717, 1.165) is 61.3 Å². The number of amides is 2. The minimum Gasteiger partial charge on any atom is -0.470 e. The number of oxazole rings is 1. The van der Waals surface area contributed by atoms with Crippen molar-refractivity contribution < 1.29 is 45.1 Å². The number of ether oxygens (including phenoxy) is 2. The average Bonchev–Trinajstić information content (AvgIpc) is 4.10. The topological polar surface area (TPSA) is 227 Å². The Kier molecular flexibility index (Phi) is 18.5. The van der Waals surface area contributed by atoms with Crippen LogP contribution in [0.4, 0.5) is 27.5 Å². The molecule has 0 bridgehead atoms. The van der Waals surface area contributed by atoms with Gasteiger partial charge in [0.2, 0.25) is 32.0 Å². The van der Waals surface area contributed by atoms with Gasteiger partial charge in [-0.15, -0.1) is 0 Å². The van der Waals surface area contributed by atoms with Gasteiger partial charge >= 0.3 is 6.09 Å². The number of hydrogen-bond donors (Lipinski definition) is 3. The van der Waals surface area contributed by atoms with Crippen LogP contribution in [0.2, 0.25) is 10.0 Å². The molecule has 5 aromatic carbocycles. The molecule has 1 fully saturated rings. The molecule has 7 rings (SSSR count). The molecule has 0 spiro atoms. The third-order valence-electron chi connectivity index (χ3n) is 13.7. The molecule has 430 valence electrons. The number of carbonyl (C=O) groups excluding carboxylic acids is 3. The van der Waals surface area contributed by atoms with Crippen LogP contribution in [0.3, 0.4) is 0 Å². The zero-order valence-corrected chi connectivity index (χ0v) is 50.9. The molecule has 1 unspecified atom stereocenters. The van der Waals surface area contributed by atoms with Crippen molar-refractivity contribution in [3.63, 3.8) is 0 Å². The highest BCUT2D eigenvalue weighted by Gasteiger charge is 2.38. The summed E-state index contributed by atoms with van der Waals surface area (Å²) in [5.74, 6) is -1.53. The SMILES string of the molecule is Cc1cc(Cc2ccc(Cl)c(NC(=O)C(Oc3ccc(COC(=O)N(c4ccc(/C=C(\C#N)c5nc6cc(C(C)(C)CC(C)(C)C)ccc6o5)c(C)c4)C4CCCC4)cc3NS(C)(=O)=O)C(=O)C(C)(C)C)c2)c(NS(C)(=O)=O)cc1Cl. The molecule has 1 aliphatic carbocycles. The predicted molar refractivity (Wildman–Crippen MR) is 322 cm³/mol. The van der Waals surface area contributed by atoms with Gasteiger partial charge in [0, 0.05) is 22.2 Å². The van der Waals surface area contributed by atoms with E-state index >= 15 is 0 Å². The summed E-state index contributed by atoms with van der Waals surface area (Å²) in [6, 6.07) is 26.0. The monoisotopic (exact) mass is 1180 g/mol. The Labute approximate surface area is 485 Å². The van der Waals surface area contributed by atoms with E-state index in [9.17, 15) is 36.5 Å². The molecule has 0 saturated heterocycles. The molecule has 1 aromatic heterocycles. The van der Waals surface area contributed by atoms with Crippen molar-refractivity contribution >= 4 is 107 Å². The summed E-state index contributed by atoms with van der Waals surface area (Å²) in [6.07, 6.45) is 5.66. The molecule has 1 saturated carbocycles. The standard InChI is InChI=1S/C61H70Cl2N6O10S2/c1-36-26-45(21-19-40(36)30-42(33-64)57-66-50-31-43(20-24-52(50)79-57)61(9,10)35-59(3,4)5)69(44-15-13-14-16-44)58(72)77-34-39-18-23-53(51(29-39)68-81(12,75)76)78-54(55(70)60(6,7)8)56(71)65-49-28-38(17-22-46(49)62)27-41-25-37(2)47(63)32-48(41)67-80(11,73)74/h17-26,28-32,44,54,67-68H,13-16,27,34-35H2,1-12H3,(H,65,71)/b42-30+. The molecule has 81 heavy (non-hydrogen) atoms. The Morgan fingerprint density at radius 3 is 2.09 bits per heavy atom. The van der Waals surface area contributed by atoms with E-state index in [4.69, 9.17) is 42.1 Å². The number of nitrogens with zero attached hydrogens (tertiary/aromatic N) is 3. The lowest BCUT2D eigenvalue weighted by Crippen LogP contribution is -2.45. The van der Waals surface area contributed by atoms with Crippen LogP contribution in [0.25, 0.3) is 22.7 Å². The summed E-state index contributed by atoms with van der Waals surface area (Å²) in [5, 5.41) is 13.5. The van der Waals surface area contributed by atoms with Crippen molar-refractivity contribution in [2.75, 3.05) is 32.2 Å². The first kappa shape index (κ1) is 61.7. The van der Waals surface area contributed by atoms with Gasteiger partial charge in [-0.05, 0) is 150 Å². The smallest absolute Gasteiger partial charge is 0.414 e. The van der Waals surface area contributed by atoms with E-state index in [-0.39, 0.29) is 69.2 Å². The average molecular weight is 1180 g/mol. The largest absolute Gasteiger partial charge is 0.470 e. The number of halogens is 2. The van der Waals surface area contributed by atoms with Crippen LogP contribution in [0, 0.1) is 36.0 Å². The number of hydrogen-bond acceptors (Lipinski definition) is 12. The molecule has 1 heterocycles. The summed E-state index contributed by atoms with van der Waals surface area (Å²) in [7, 11) is -7.66. The molecule has 16 nitrogen and oxygen atoms in total. The summed E-state index contributed by atoms with van der Waals surface area (Å²) in [4.78, 5) is 49.0. The van der Waals surface area contributed by atoms with Crippen LogP contribution >= 0.6 is 23.2 Å². The number of Topliss-reactive ketones (excluding diaryl/α,β-unsaturated/α-hetero) is 1. The highest BCUT2D eigenvalue weighted by atomic mass is 35.5. The van der Waals surface area contributed by atoms with E-state index in [1.807, 2.05) is 31.2 Å². The Morgan fingerprint density at radius 1 is 0.802 bits per heavy atom. The Morgan fingerprint density at radius 2 is 1.46 bits per heavy atom. The minimum absolute atomic E-state index is 0.114. The van der Waals surface area contributed by atoms with Gasteiger partial charge in [0.15, 0.2) is 11.4 Å². The Balaban J connectivity index is 1.11. The maximum atomic E-state index is 14.3. The fourth-order valence-corrected chi connectivity index (χ4v) is 11.7. The third kappa shape index (κ3) is 16.2. The lowest BCUT2D eigenvalue weighted by atomic mass is 9.72. The van der Waals surface area contributed by atoms with Crippen LogP contribution in [-0.2, 0) is 52.8 Å². The van der Waals surface area contributed by atoms with Crippen LogP contribution in [0.15, 0.2) is 89.3 Å². The number of ketones is 1. The molecule has 0 aliphatic heterocycles. The second kappa shape index (κ2) is 24.3. The van der Waals surface area contributed by atoms with Gasteiger partial charge < -0.3 is 19.2 Å². The van der Waals surface area contributed by atoms with Gasteiger partial charge in [-0.3, -0.25) is 23.9 Å². The summed E-state index contributed by atoms with van der Waals surface area (Å²) in [5.41, 5.74) is 6.08. The second-order valence-corrected chi connectivity index (χ2v) is 28.1. The van der Waals surface area contributed by atoms with Crippen molar-refractivity contribution in [3.8, 4) is 11.8 Å². The first-order valence-electron chi connectivity index (χ1n) is 26.4. The number of allylic oxidation sites excluding steroid dienone is 1. The van der Waals surface area contributed by atoms with Crippen LogP contribution < -0.4 is 24.4 Å². The van der Waals surface area contributed by atoms with Gasteiger partial charge in [0.05, 0.1) is 34.6 Å². The lowest BCUT2D eigenvalue weighted by Gasteiger charge is -2.32. The summed E-state index contributed by atoms with van der Waals surface area (Å²) < 4.78 is 73.2. The highest BCUT2D eigenvalue weighted by molar-refractivity contribution is 7.92. The molecule has 20 heteroatoms. The molecule has 6 aromatic rings. The number of sulfonamides is 2. The molecule has 0 radical (unpaired) electrons. The zero-order chi connectivity index (χ0) is 59.6. The van der Waals surface area contributed by atoms with Crippen molar-refractivity contribution in [2.24, 2.45) is 10.8 Å². The quantitative estimate of drug-likeness (QED) is 0.0508. The maximum Gasteiger partial charge on any atom is 0.414 e. The van der Waals surface area contributed by atoms with Gasteiger partial charge in [-0.2, -0.15) is 5.26 Å². The van der Waals surface area contributed by atoms with Gasteiger partial charge in [0.25, 0.3) is 5.91 Å². The number of nitriles is 1. The predicted octanol–water partition coefficient (Wildman–Crippen LogP) is 14.0. The molecular formula is C61H70Cl2N6O10S2. The molecule has 1 atom stereocenters. The summed E-state index contributed by atoms with van der Waals surface area (Å²) >= 11 is 13.0. The number of aromatic nitrogens is 1. The fourth-order valence-electron chi connectivity index (χ4n) is 10.2. The Bertz CT molecular complexity index is 3720. The van der Waals surface area contributed by atoms with E-state index in [0.29, 0.717) is 44.1 Å². The van der Waals surface area contributed by atoms with Crippen molar-refractivity contribution in [2.45, 2.75) is 132 Å². The van der Waals surface area contributed by atoms with E-state index in [1.165, 1.54) is 24.3 Å². The number of carbonyl (C=O) groups is 3. The van der Waals surface area contributed by atoms with E-state index in [2.05, 4.69) is 61.5 Å². The minimum atomic E-state index is -3.99. The number of aryl methyl sites for hydroxylation is 2. The van der Waals surface area contributed by atoms with Crippen molar-refractivity contribution in [3.05, 3.63) is 140 Å². The lowest BCUT2D eigenvalue weighted by molar-refractivity contribution is -0.140. The van der Waals surface area contributed by atoms with Crippen molar-refractivity contribution in [1.82, 2.24) is 4.98 Å². The molecule has 1 aliphatic rings. The van der Waals surface area contributed by atoms with E-state index in [1.54, 1.807) is 69.0 Å². The first-order chi connectivity index (χ1) is 37.7. The molecule has 2 amide bonds. The first-order valence-corrected chi connectivity index (χ1v) is 31.0. The van der Waals surface area contributed by atoms with Gasteiger partial charge in [0.1, 0.15) is 29.5 Å². The number of anilines is 4. The van der Waals surface area contributed by atoms with Gasteiger partial charge in [-0.1, -0.05) is 122 Å². The molecule has 3 N–H and O–H groups in total. The van der Waals surface area contributed by atoms with Crippen LogP contribution in [-0.4, -0.2) is 64.3 Å². The van der Waals surface area contributed by atoms with E-state index < -0.39 is 49.3 Å². The highest BCUT2D eigenvalue weighted by Crippen LogP contribution is 2.39. The number of fused-ring (bicyclic) bond motifs is 1. The third-order valence-corrected chi connectivity index (χ3v) is 15.7. The number of nitrogens with one attached hydrogen (secondary N) is 3. The summed E-state index contributed by atoms with van der Waals surface area (Å²) in [6.45, 7) is 19.3. The van der Waals surface area contributed by atoms with Crippen LogP contribution in [0.5, 0.6) is 5.75 Å². The second-order valence-electron chi connectivity index (χ2n) is 23.8.